The van der Waals surface area contributed by atoms with Gasteiger partial charge in [-0.1, -0.05) is 13.3 Å². The number of nitrogens with zero attached hydrogens (tertiary/aromatic N) is 4. The van der Waals surface area contributed by atoms with E-state index in [1.54, 1.807) is 14.1 Å². The Morgan fingerprint density at radius 3 is 1.62 bits per heavy atom. The summed E-state index contributed by atoms with van der Waals surface area (Å²) in [6.07, 6.45) is 2.26. The second-order valence-electron chi connectivity index (χ2n) is 5.30. The van der Waals surface area contributed by atoms with Crippen LogP contribution in [0.3, 0.4) is 0 Å². The molecule has 12 heteroatoms. The highest BCUT2D eigenvalue weighted by Crippen LogP contribution is 2.38. The summed E-state index contributed by atoms with van der Waals surface area (Å²) in [6.45, 7) is 2.98. The first-order valence-corrected chi connectivity index (χ1v) is 6.76. The third-order valence-electron chi connectivity index (χ3n) is 2.72. The highest BCUT2D eigenvalue weighted by atomic mass is 16.6. The molecular formula is C12H19N4O8+. The van der Waals surface area contributed by atoms with Crippen molar-refractivity contribution in [1.29, 1.82) is 0 Å². The molecule has 0 amide bonds. The van der Waals surface area contributed by atoms with Crippen molar-refractivity contribution in [3.05, 3.63) is 42.5 Å². The molecule has 0 aliphatic heterocycles. The van der Waals surface area contributed by atoms with Crippen LogP contribution in [0.5, 0.6) is 5.75 Å². The van der Waals surface area contributed by atoms with Crippen LogP contribution >= 0.6 is 0 Å². The molecule has 24 heavy (non-hydrogen) atoms. The minimum atomic E-state index is -1.21. The SMILES string of the molecule is CCCC[N+](C)(C)O.O=[N+]([O-])c1cc([N+](=O)[O-])c(O)c([N+](=O)[O-])c1. The summed E-state index contributed by atoms with van der Waals surface area (Å²) in [5.74, 6) is -1.21. The van der Waals surface area contributed by atoms with Gasteiger partial charge in [-0.3, -0.25) is 30.3 Å². The van der Waals surface area contributed by atoms with Gasteiger partial charge in [-0.05, 0) is 6.42 Å². The third-order valence-corrected chi connectivity index (χ3v) is 2.72. The Hall–Kier alpha value is -2.86. The quantitative estimate of drug-likeness (QED) is 0.448. The number of nitro groups is 3. The Morgan fingerprint density at radius 1 is 1.00 bits per heavy atom. The zero-order valence-electron chi connectivity index (χ0n) is 13.4. The molecule has 134 valence electrons. The molecule has 0 fully saturated rings. The van der Waals surface area contributed by atoms with E-state index in [2.05, 4.69) is 6.92 Å². The molecule has 0 heterocycles. The summed E-state index contributed by atoms with van der Waals surface area (Å²) in [7, 11) is 3.57. The van der Waals surface area contributed by atoms with Crippen molar-refractivity contribution in [1.82, 2.24) is 0 Å². The minimum Gasteiger partial charge on any atom is -0.497 e. The number of aromatic hydroxyl groups is 1. The number of non-ortho nitro benzene ring substituents is 1. The van der Waals surface area contributed by atoms with Crippen molar-refractivity contribution in [2.24, 2.45) is 0 Å². The lowest BCUT2D eigenvalue weighted by atomic mass is 10.2. The fraction of sp³-hybridized carbons (Fsp3) is 0.500. The molecule has 0 aliphatic carbocycles. The lowest BCUT2D eigenvalue weighted by molar-refractivity contribution is -1.07. The predicted molar refractivity (Wildman–Crippen MR) is 81.7 cm³/mol. The molecule has 0 spiro atoms. The molecule has 0 bridgehead atoms. The van der Waals surface area contributed by atoms with E-state index in [4.69, 9.17) is 10.3 Å². The van der Waals surface area contributed by atoms with Crippen molar-refractivity contribution < 1.29 is 29.7 Å². The maximum absolute atomic E-state index is 10.4. The van der Waals surface area contributed by atoms with Crippen molar-refractivity contribution in [3.63, 3.8) is 0 Å². The van der Waals surface area contributed by atoms with E-state index in [1.807, 2.05) is 0 Å². The lowest BCUT2D eigenvalue weighted by Crippen LogP contribution is -2.35. The highest BCUT2D eigenvalue weighted by Gasteiger charge is 2.30. The fourth-order valence-electron chi connectivity index (χ4n) is 1.52. The largest absolute Gasteiger partial charge is 0.497 e. The van der Waals surface area contributed by atoms with Crippen LogP contribution in [-0.4, -0.2) is 50.4 Å². The van der Waals surface area contributed by atoms with Crippen molar-refractivity contribution >= 4 is 17.1 Å². The number of phenolic OH excluding ortho intramolecular Hbond substituents is 1. The summed E-state index contributed by atoms with van der Waals surface area (Å²) in [4.78, 5) is 27.8. The molecular weight excluding hydrogens is 328 g/mol. The molecule has 0 aliphatic rings. The Balaban J connectivity index is 0.000000561. The fourth-order valence-corrected chi connectivity index (χ4v) is 1.52. The first-order valence-electron chi connectivity index (χ1n) is 6.76. The average Bonchev–Trinajstić information content (AvgIpc) is 2.44. The number of quaternary nitrogens is 1. The second kappa shape index (κ2) is 8.69. The van der Waals surface area contributed by atoms with Crippen molar-refractivity contribution in [3.8, 4) is 5.75 Å². The summed E-state index contributed by atoms with van der Waals surface area (Å²) < 4.78 is 0.105. The second-order valence-corrected chi connectivity index (χ2v) is 5.30. The molecule has 1 aromatic carbocycles. The number of hydrogen-bond acceptors (Lipinski definition) is 8. The van der Waals surface area contributed by atoms with Gasteiger partial charge in [0, 0.05) is 0 Å². The summed E-state index contributed by atoms with van der Waals surface area (Å²) in [5, 5.41) is 49.3. The Kier molecular flexibility index (Phi) is 7.65. The minimum absolute atomic E-state index is 0.105. The molecule has 2 N–H and O–H groups in total. The van der Waals surface area contributed by atoms with Gasteiger partial charge in [-0.25, -0.2) is 5.21 Å². The molecule has 0 aromatic heterocycles. The number of hydrogen-bond donors (Lipinski definition) is 2. The van der Waals surface area contributed by atoms with Crippen molar-refractivity contribution in [2.75, 3.05) is 20.6 Å². The van der Waals surface area contributed by atoms with Gasteiger partial charge >= 0.3 is 11.4 Å². The predicted octanol–water partition coefficient (Wildman–Crippen LogP) is 2.37. The van der Waals surface area contributed by atoms with Gasteiger partial charge in [0.05, 0.1) is 41.0 Å². The number of phenols is 1. The van der Waals surface area contributed by atoms with E-state index in [0.717, 1.165) is 19.4 Å². The van der Waals surface area contributed by atoms with Gasteiger partial charge in [-0.15, -0.1) is 0 Å². The van der Waals surface area contributed by atoms with Crippen LogP contribution in [0.15, 0.2) is 12.1 Å². The number of unbranched alkanes of at least 4 members (excludes halogenated alkanes) is 1. The number of benzene rings is 1. The Labute approximate surface area is 136 Å². The molecule has 12 nitrogen and oxygen atoms in total. The first-order chi connectivity index (χ1) is 10.9. The van der Waals surface area contributed by atoms with Crippen LogP contribution in [0.4, 0.5) is 17.1 Å². The number of hydroxylamine groups is 3. The molecule has 0 atom stereocenters. The smallest absolute Gasteiger partial charge is 0.324 e. The lowest BCUT2D eigenvalue weighted by Gasteiger charge is -2.18. The van der Waals surface area contributed by atoms with Gasteiger partial charge in [0.1, 0.15) is 6.54 Å². The van der Waals surface area contributed by atoms with Crippen LogP contribution < -0.4 is 0 Å². The normalized spacial score (nSPS) is 10.5. The zero-order valence-corrected chi connectivity index (χ0v) is 13.4. The molecule has 1 aromatic rings. The Bertz CT molecular complexity index is 591. The van der Waals surface area contributed by atoms with Crippen LogP contribution in [-0.2, 0) is 0 Å². The van der Waals surface area contributed by atoms with E-state index >= 15 is 0 Å². The molecule has 1 rings (SSSR count). The average molecular weight is 347 g/mol. The van der Waals surface area contributed by atoms with Crippen LogP contribution in [0.25, 0.3) is 0 Å². The maximum atomic E-state index is 10.4. The zero-order chi connectivity index (χ0) is 19.1. The van der Waals surface area contributed by atoms with Crippen molar-refractivity contribution in [2.45, 2.75) is 19.8 Å². The molecule has 0 unspecified atom stereocenters. The van der Waals surface area contributed by atoms with E-state index in [9.17, 15) is 30.3 Å². The molecule has 0 radical (unpaired) electrons. The van der Waals surface area contributed by atoms with E-state index in [1.165, 1.54) is 0 Å². The monoisotopic (exact) mass is 347 g/mol. The standard InChI is InChI=1S/C6H3N3O7.C6H16NO/c10-6-4(8(13)14)1-3(7(11)12)2-5(6)9(15)16;1-4-5-6-7(2,3)8/h1-2,10H;8H,4-6H2,1-3H3/q;+1. The van der Waals surface area contributed by atoms with E-state index in [0.29, 0.717) is 12.1 Å². The summed E-state index contributed by atoms with van der Waals surface area (Å²) in [6, 6.07) is 0.894. The van der Waals surface area contributed by atoms with Crippen LogP contribution in [0.2, 0.25) is 0 Å². The van der Waals surface area contributed by atoms with Gasteiger partial charge in [0.2, 0.25) is 0 Å². The maximum Gasteiger partial charge on any atom is 0.324 e. The van der Waals surface area contributed by atoms with Crippen LogP contribution in [0.1, 0.15) is 19.8 Å². The van der Waals surface area contributed by atoms with Gasteiger partial charge in [-0.2, -0.15) is 4.65 Å². The topological polar surface area (TPSA) is 170 Å². The van der Waals surface area contributed by atoms with Gasteiger partial charge in [0.15, 0.2) is 0 Å². The van der Waals surface area contributed by atoms with Gasteiger partial charge < -0.3 is 5.11 Å². The number of nitro benzene ring substituents is 3. The van der Waals surface area contributed by atoms with Crippen LogP contribution in [0, 0.1) is 30.3 Å². The third kappa shape index (κ3) is 6.93. The Morgan fingerprint density at radius 2 is 1.42 bits per heavy atom. The summed E-state index contributed by atoms with van der Waals surface area (Å²) in [5.41, 5.74) is -3.00. The van der Waals surface area contributed by atoms with E-state index in [-0.39, 0.29) is 4.65 Å². The highest BCUT2D eigenvalue weighted by molar-refractivity contribution is 5.64. The first kappa shape index (κ1) is 21.1. The summed E-state index contributed by atoms with van der Waals surface area (Å²) >= 11 is 0. The number of rotatable bonds is 6. The van der Waals surface area contributed by atoms with E-state index < -0.39 is 37.6 Å². The molecule has 0 saturated heterocycles. The molecule has 0 saturated carbocycles. The van der Waals surface area contributed by atoms with Gasteiger partial charge in [0.25, 0.3) is 11.4 Å².